The minimum Gasteiger partial charge on any atom is -0.492 e. The van der Waals surface area contributed by atoms with Crippen molar-refractivity contribution in [1.82, 2.24) is 4.90 Å². The molecule has 1 aromatic carbocycles. The molecular weight excluding hydrogens is 278 g/mol. The third-order valence-corrected chi connectivity index (χ3v) is 3.49. The first kappa shape index (κ1) is 15.6. The molecule has 0 bridgehead atoms. The van der Waals surface area contributed by atoms with Gasteiger partial charge in [0.1, 0.15) is 12.4 Å². The number of benzene rings is 1. The Hall–Kier alpha value is -0.810. The maximum absolute atomic E-state index is 5.91. The molecular formula is C15H22ClNO3. The molecule has 112 valence electrons. The molecule has 1 fully saturated rings. The third kappa shape index (κ3) is 5.67. The van der Waals surface area contributed by atoms with E-state index >= 15 is 0 Å². The highest BCUT2D eigenvalue weighted by Gasteiger charge is 2.14. The molecule has 1 heterocycles. The second-order valence-corrected chi connectivity index (χ2v) is 5.40. The van der Waals surface area contributed by atoms with Crippen LogP contribution in [0.5, 0.6) is 5.75 Å². The molecule has 0 spiro atoms. The summed E-state index contributed by atoms with van der Waals surface area (Å²) in [6.07, 6.45) is 1.23. The summed E-state index contributed by atoms with van der Waals surface area (Å²) in [5.41, 5.74) is 0. The summed E-state index contributed by atoms with van der Waals surface area (Å²) in [4.78, 5) is 2.24. The molecule has 0 saturated carbocycles. The van der Waals surface area contributed by atoms with E-state index in [2.05, 4.69) is 11.9 Å². The van der Waals surface area contributed by atoms with Crippen LogP contribution in [0.25, 0.3) is 0 Å². The lowest BCUT2D eigenvalue weighted by molar-refractivity contribution is -0.0923. The van der Waals surface area contributed by atoms with Gasteiger partial charge in [0.05, 0.1) is 25.9 Å². The molecule has 1 aliphatic rings. The van der Waals surface area contributed by atoms with Gasteiger partial charge in [-0.3, -0.25) is 0 Å². The minimum atomic E-state index is 0.236. The van der Waals surface area contributed by atoms with E-state index in [0.29, 0.717) is 24.8 Å². The summed E-state index contributed by atoms with van der Waals surface area (Å²) in [6.45, 7) is 4.66. The second kappa shape index (κ2) is 8.47. The predicted molar refractivity (Wildman–Crippen MR) is 79.6 cm³/mol. The first-order valence-electron chi connectivity index (χ1n) is 7.00. The molecule has 1 aliphatic heterocycles. The molecule has 5 heteroatoms. The van der Waals surface area contributed by atoms with E-state index in [0.717, 1.165) is 31.9 Å². The summed E-state index contributed by atoms with van der Waals surface area (Å²) >= 11 is 5.91. The van der Waals surface area contributed by atoms with Crippen LogP contribution in [-0.4, -0.2) is 57.6 Å². The van der Waals surface area contributed by atoms with Gasteiger partial charge in [0.25, 0.3) is 0 Å². The Morgan fingerprint density at radius 1 is 1.35 bits per heavy atom. The Labute approximate surface area is 125 Å². The third-order valence-electron chi connectivity index (χ3n) is 3.26. The molecule has 1 saturated heterocycles. The van der Waals surface area contributed by atoms with Crippen LogP contribution in [0.4, 0.5) is 0 Å². The first-order valence-corrected chi connectivity index (χ1v) is 7.38. The molecule has 0 aliphatic carbocycles. The summed E-state index contributed by atoms with van der Waals surface area (Å²) in [6, 6.07) is 7.47. The lowest BCUT2D eigenvalue weighted by Gasteiger charge is -2.25. The highest BCUT2D eigenvalue weighted by Crippen LogP contribution is 2.16. The topological polar surface area (TPSA) is 30.9 Å². The monoisotopic (exact) mass is 299 g/mol. The van der Waals surface area contributed by atoms with Gasteiger partial charge in [0.2, 0.25) is 0 Å². The smallest absolute Gasteiger partial charge is 0.120 e. The molecule has 4 nitrogen and oxygen atoms in total. The van der Waals surface area contributed by atoms with Gasteiger partial charge >= 0.3 is 0 Å². The fraction of sp³-hybridized carbons (Fsp3) is 0.600. The molecule has 1 unspecified atom stereocenters. The largest absolute Gasteiger partial charge is 0.492 e. The van der Waals surface area contributed by atoms with E-state index < -0.39 is 0 Å². The van der Waals surface area contributed by atoms with E-state index in [1.165, 1.54) is 0 Å². The van der Waals surface area contributed by atoms with Crippen molar-refractivity contribution in [1.29, 1.82) is 0 Å². The van der Waals surface area contributed by atoms with Crippen LogP contribution in [0.1, 0.15) is 6.42 Å². The van der Waals surface area contributed by atoms with Crippen LogP contribution in [0.15, 0.2) is 24.3 Å². The van der Waals surface area contributed by atoms with Gasteiger partial charge in [-0.15, -0.1) is 0 Å². The van der Waals surface area contributed by atoms with E-state index in [9.17, 15) is 0 Å². The molecule has 0 radical (unpaired) electrons. The van der Waals surface area contributed by atoms with Crippen LogP contribution >= 0.6 is 11.6 Å². The zero-order valence-electron chi connectivity index (χ0n) is 11.9. The van der Waals surface area contributed by atoms with Crippen LogP contribution < -0.4 is 4.74 Å². The van der Waals surface area contributed by atoms with E-state index in [4.69, 9.17) is 25.8 Å². The highest BCUT2D eigenvalue weighted by atomic mass is 35.5. The van der Waals surface area contributed by atoms with Crippen molar-refractivity contribution in [3.63, 3.8) is 0 Å². The number of hydrogen-bond acceptors (Lipinski definition) is 4. The van der Waals surface area contributed by atoms with Crippen LogP contribution in [-0.2, 0) is 9.47 Å². The maximum atomic E-state index is 5.91. The zero-order chi connectivity index (χ0) is 14.2. The Kier molecular flexibility index (Phi) is 6.60. The van der Waals surface area contributed by atoms with Crippen molar-refractivity contribution < 1.29 is 14.2 Å². The molecule has 1 atom stereocenters. The van der Waals surface area contributed by atoms with Crippen LogP contribution in [0.3, 0.4) is 0 Å². The Bertz CT molecular complexity index is 396. The number of hydrogen-bond donors (Lipinski definition) is 0. The summed E-state index contributed by atoms with van der Waals surface area (Å²) in [5.74, 6) is 0.815. The standard InChI is InChI=1S/C15H22ClNO3/c1-17(6-5-15-12-18-9-10-20-15)7-8-19-14-4-2-3-13(16)11-14/h2-4,11,15H,5-10,12H2,1H3. The van der Waals surface area contributed by atoms with Gasteiger partial charge in [0, 0.05) is 18.1 Å². The van der Waals surface area contributed by atoms with Gasteiger partial charge < -0.3 is 19.1 Å². The number of rotatable bonds is 7. The van der Waals surface area contributed by atoms with Crippen molar-refractivity contribution in [3.05, 3.63) is 29.3 Å². The van der Waals surface area contributed by atoms with Crippen molar-refractivity contribution in [2.75, 3.05) is 46.6 Å². The van der Waals surface area contributed by atoms with E-state index in [1.807, 2.05) is 24.3 Å². The summed E-state index contributed by atoms with van der Waals surface area (Å²) in [7, 11) is 2.09. The lowest BCUT2D eigenvalue weighted by atomic mass is 10.2. The Morgan fingerprint density at radius 3 is 3.00 bits per heavy atom. The highest BCUT2D eigenvalue weighted by molar-refractivity contribution is 6.30. The minimum absolute atomic E-state index is 0.236. The first-order chi connectivity index (χ1) is 9.74. The van der Waals surface area contributed by atoms with Crippen LogP contribution in [0, 0.1) is 0 Å². The number of halogens is 1. The average Bonchev–Trinajstić information content (AvgIpc) is 2.46. The lowest BCUT2D eigenvalue weighted by Crippen LogP contribution is -2.33. The Morgan fingerprint density at radius 2 is 2.25 bits per heavy atom. The number of nitrogens with zero attached hydrogens (tertiary/aromatic N) is 1. The second-order valence-electron chi connectivity index (χ2n) is 4.97. The van der Waals surface area contributed by atoms with Crippen molar-refractivity contribution >= 4 is 11.6 Å². The van der Waals surface area contributed by atoms with Gasteiger partial charge in [-0.05, 0) is 31.7 Å². The number of likely N-dealkylation sites (N-methyl/N-ethyl adjacent to an activating group) is 1. The fourth-order valence-corrected chi connectivity index (χ4v) is 2.24. The SMILES string of the molecule is CN(CCOc1cccc(Cl)c1)CCC1COCCO1. The van der Waals surface area contributed by atoms with Gasteiger partial charge in [-0.25, -0.2) is 0 Å². The van der Waals surface area contributed by atoms with Crippen LogP contribution in [0.2, 0.25) is 5.02 Å². The predicted octanol–water partition coefficient (Wildman–Crippen LogP) is 2.46. The van der Waals surface area contributed by atoms with Crippen molar-refractivity contribution in [3.8, 4) is 5.75 Å². The van der Waals surface area contributed by atoms with Gasteiger partial charge in [-0.1, -0.05) is 17.7 Å². The molecule has 0 amide bonds. The van der Waals surface area contributed by atoms with Gasteiger partial charge in [0.15, 0.2) is 0 Å². The van der Waals surface area contributed by atoms with Crippen molar-refractivity contribution in [2.45, 2.75) is 12.5 Å². The molecule has 0 N–H and O–H groups in total. The summed E-state index contributed by atoms with van der Waals surface area (Å²) in [5, 5.41) is 0.699. The van der Waals surface area contributed by atoms with Crippen molar-refractivity contribution in [2.24, 2.45) is 0 Å². The maximum Gasteiger partial charge on any atom is 0.120 e. The molecule has 20 heavy (non-hydrogen) atoms. The van der Waals surface area contributed by atoms with Gasteiger partial charge in [-0.2, -0.15) is 0 Å². The molecule has 2 rings (SSSR count). The quantitative estimate of drug-likeness (QED) is 0.774. The van der Waals surface area contributed by atoms with E-state index in [1.54, 1.807) is 0 Å². The summed E-state index contributed by atoms with van der Waals surface area (Å²) < 4.78 is 16.7. The Balaban J connectivity index is 1.58. The normalized spacial score (nSPS) is 19.2. The molecule has 0 aromatic heterocycles. The zero-order valence-corrected chi connectivity index (χ0v) is 12.6. The fourth-order valence-electron chi connectivity index (χ4n) is 2.06. The average molecular weight is 300 g/mol. The number of ether oxygens (including phenoxy) is 3. The molecule has 1 aromatic rings. The van der Waals surface area contributed by atoms with E-state index in [-0.39, 0.29) is 6.10 Å².